The molecule has 0 aliphatic rings. The molecule has 70 valence electrons. The maximum absolute atomic E-state index is 10.4. The van der Waals surface area contributed by atoms with Gasteiger partial charge in [-0.05, 0) is 6.42 Å². The summed E-state index contributed by atoms with van der Waals surface area (Å²) in [7, 11) is 0. The summed E-state index contributed by atoms with van der Waals surface area (Å²) >= 11 is 0. The van der Waals surface area contributed by atoms with E-state index in [1.807, 2.05) is 13.8 Å². The van der Waals surface area contributed by atoms with E-state index in [9.17, 15) is 4.79 Å². The van der Waals surface area contributed by atoms with Gasteiger partial charge in [-0.1, -0.05) is 32.3 Å². The number of hydrogen-bond donors (Lipinski definition) is 1. The van der Waals surface area contributed by atoms with Crippen molar-refractivity contribution in [3.05, 3.63) is 16.4 Å². The number of rotatable bonds is 3. The Bertz CT molecular complexity index is 239. The monoisotopic (exact) mass is 172 g/mol. The molecule has 0 unspecified atom stereocenters. The van der Waals surface area contributed by atoms with Crippen LogP contribution >= 0.6 is 0 Å². The summed E-state index contributed by atoms with van der Waals surface area (Å²) in [5.74, 6) is 0.179. The largest absolute Gasteiger partial charge is 0.438 e. The third-order valence-electron chi connectivity index (χ3n) is 1.25. The molecule has 0 aliphatic carbocycles. The number of H-pyrrole nitrogens is 1. The molecule has 0 saturated carbocycles. The van der Waals surface area contributed by atoms with E-state index in [0.29, 0.717) is 5.82 Å². The highest BCUT2D eigenvalue weighted by Crippen LogP contribution is 1.94. The second-order valence-corrected chi connectivity index (χ2v) is 2.15. The average Bonchev–Trinajstić information content (AvgIpc) is 2.51. The van der Waals surface area contributed by atoms with Crippen molar-refractivity contribution < 1.29 is 4.52 Å². The third kappa shape index (κ3) is 3.95. The van der Waals surface area contributed by atoms with E-state index >= 15 is 0 Å². The Morgan fingerprint density at radius 1 is 1.50 bits per heavy atom. The Balaban J connectivity index is 0.000000561. The Morgan fingerprint density at radius 2 is 2.17 bits per heavy atom. The summed E-state index contributed by atoms with van der Waals surface area (Å²) in [5.41, 5.74) is 0. The summed E-state index contributed by atoms with van der Waals surface area (Å²) in [4.78, 5) is 12.8. The zero-order chi connectivity index (χ0) is 9.40. The summed E-state index contributed by atoms with van der Waals surface area (Å²) in [6.07, 6.45) is 2.92. The number of aryl methyl sites for hydroxylation is 1. The van der Waals surface area contributed by atoms with Crippen molar-refractivity contribution in [3.63, 3.8) is 0 Å². The first-order valence-corrected chi connectivity index (χ1v) is 4.38. The fourth-order valence-corrected chi connectivity index (χ4v) is 0.712. The molecule has 0 aromatic carbocycles. The third-order valence-corrected chi connectivity index (χ3v) is 1.25. The minimum atomic E-state index is -0.467. The van der Waals surface area contributed by atoms with Crippen LogP contribution < -0.4 is 5.76 Å². The fourth-order valence-electron chi connectivity index (χ4n) is 0.712. The zero-order valence-electron chi connectivity index (χ0n) is 7.89. The van der Waals surface area contributed by atoms with E-state index in [0.717, 1.165) is 19.3 Å². The average molecular weight is 172 g/mol. The second-order valence-electron chi connectivity index (χ2n) is 2.15. The second kappa shape index (κ2) is 6.64. The van der Waals surface area contributed by atoms with E-state index in [4.69, 9.17) is 0 Å². The van der Waals surface area contributed by atoms with Crippen molar-refractivity contribution >= 4 is 0 Å². The zero-order valence-corrected chi connectivity index (χ0v) is 7.89. The summed E-state index contributed by atoms with van der Waals surface area (Å²) < 4.78 is 4.30. The minimum absolute atomic E-state index is 0.467. The molecule has 1 rings (SSSR count). The SMILES string of the molecule is CC.CCCCc1noc(=O)[nH]1. The molecule has 4 heteroatoms. The van der Waals surface area contributed by atoms with Crippen molar-refractivity contribution in [1.82, 2.24) is 10.1 Å². The topological polar surface area (TPSA) is 58.9 Å². The van der Waals surface area contributed by atoms with Crippen molar-refractivity contribution in [2.45, 2.75) is 40.0 Å². The van der Waals surface area contributed by atoms with Gasteiger partial charge in [-0.25, -0.2) is 4.79 Å². The van der Waals surface area contributed by atoms with Crippen LogP contribution in [0.4, 0.5) is 0 Å². The van der Waals surface area contributed by atoms with Crippen molar-refractivity contribution in [3.8, 4) is 0 Å². The molecule has 0 fully saturated rings. The summed E-state index contributed by atoms with van der Waals surface area (Å²) in [6.45, 7) is 6.08. The van der Waals surface area contributed by atoms with Gasteiger partial charge in [0.05, 0.1) is 0 Å². The summed E-state index contributed by atoms with van der Waals surface area (Å²) in [5, 5.41) is 3.51. The van der Waals surface area contributed by atoms with Gasteiger partial charge >= 0.3 is 5.76 Å². The van der Waals surface area contributed by atoms with E-state index in [1.54, 1.807) is 0 Å². The number of aromatic amines is 1. The van der Waals surface area contributed by atoms with Gasteiger partial charge in [0.25, 0.3) is 0 Å². The Kier molecular flexibility index (Phi) is 6.05. The maximum Gasteiger partial charge on any atom is 0.438 e. The van der Waals surface area contributed by atoms with Crippen LogP contribution in [0, 0.1) is 0 Å². The van der Waals surface area contributed by atoms with Crippen LogP contribution in [0.3, 0.4) is 0 Å². The van der Waals surface area contributed by atoms with E-state index < -0.39 is 5.76 Å². The van der Waals surface area contributed by atoms with Gasteiger partial charge in [0.1, 0.15) is 0 Å². The van der Waals surface area contributed by atoms with Gasteiger partial charge in [-0.15, -0.1) is 0 Å². The predicted molar refractivity (Wildman–Crippen MR) is 47.1 cm³/mol. The molecule has 1 aromatic heterocycles. The van der Waals surface area contributed by atoms with Crippen LogP contribution in [0.25, 0.3) is 0 Å². The molecule has 0 amide bonds. The van der Waals surface area contributed by atoms with Gasteiger partial charge in [0.2, 0.25) is 0 Å². The van der Waals surface area contributed by atoms with E-state index in [2.05, 4.69) is 21.6 Å². The number of hydrogen-bond acceptors (Lipinski definition) is 3. The van der Waals surface area contributed by atoms with Crippen molar-refractivity contribution in [2.24, 2.45) is 0 Å². The standard InChI is InChI=1S/C6H10N2O2.C2H6/c1-2-3-4-5-7-6(9)10-8-5;1-2/h2-4H2,1H3,(H,7,8,9);1-2H3. The van der Waals surface area contributed by atoms with Crippen molar-refractivity contribution in [1.29, 1.82) is 0 Å². The van der Waals surface area contributed by atoms with Crippen LogP contribution in [0.15, 0.2) is 9.32 Å². The molecular formula is C8H16N2O2. The quantitative estimate of drug-likeness (QED) is 0.755. The van der Waals surface area contributed by atoms with Crippen LogP contribution in [0.5, 0.6) is 0 Å². The molecule has 0 spiro atoms. The molecule has 12 heavy (non-hydrogen) atoms. The first-order chi connectivity index (χ1) is 5.83. The number of nitrogens with one attached hydrogen (secondary N) is 1. The molecule has 0 bridgehead atoms. The van der Waals surface area contributed by atoms with Gasteiger partial charge in [0.15, 0.2) is 5.82 Å². The molecule has 1 N–H and O–H groups in total. The molecule has 1 heterocycles. The van der Waals surface area contributed by atoms with Crippen molar-refractivity contribution in [2.75, 3.05) is 0 Å². The highest BCUT2D eigenvalue weighted by molar-refractivity contribution is 4.77. The lowest BCUT2D eigenvalue weighted by molar-refractivity contribution is 0.380. The van der Waals surface area contributed by atoms with Gasteiger partial charge < -0.3 is 0 Å². The predicted octanol–water partition coefficient (Wildman–Crippen LogP) is 1.73. The maximum atomic E-state index is 10.4. The first-order valence-electron chi connectivity index (χ1n) is 4.38. The van der Waals surface area contributed by atoms with Crippen LogP contribution in [0.1, 0.15) is 39.4 Å². The van der Waals surface area contributed by atoms with E-state index in [1.165, 1.54) is 0 Å². The number of aromatic nitrogens is 2. The molecule has 0 saturated heterocycles. The Labute approximate surface area is 72.0 Å². The molecule has 0 radical (unpaired) electrons. The highest BCUT2D eigenvalue weighted by atomic mass is 16.5. The lowest BCUT2D eigenvalue weighted by atomic mass is 10.2. The van der Waals surface area contributed by atoms with E-state index in [-0.39, 0.29) is 0 Å². The van der Waals surface area contributed by atoms with Gasteiger partial charge in [0, 0.05) is 6.42 Å². The fraction of sp³-hybridized carbons (Fsp3) is 0.750. The smallest absolute Gasteiger partial charge is 0.296 e. The molecule has 4 nitrogen and oxygen atoms in total. The van der Waals surface area contributed by atoms with Crippen LogP contribution in [0.2, 0.25) is 0 Å². The number of unbranched alkanes of at least 4 members (excludes halogenated alkanes) is 1. The lowest BCUT2D eigenvalue weighted by Gasteiger charge is -1.87. The number of nitrogens with zero attached hydrogens (tertiary/aromatic N) is 1. The van der Waals surface area contributed by atoms with Crippen LogP contribution in [-0.2, 0) is 6.42 Å². The molecular weight excluding hydrogens is 156 g/mol. The normalized spacial score (nSPS) is 8.92. The highest BCUT2D eigenvalue weighted by Gasteiger charge is 1.97. The van der Waals surface area contributed by atoms with Gasteiger partial charge in [-0.2, -0.15) is 0 Å². The lowest BCUT2D eigenvalue weighted by Crippen LogP contribution is -1.96. The molecule has 0 aliphatic heterocycles. The van der Waals surface area contributed by atoms with Crippen LogP contribution in [-0.4, -0.2) is 10.1 Å². The Morgan fingerprint density at radius 3 is 2.58 bits per heavy atom. The minimum Gasteiger partial charge on any atom is -0.296 e. The first kappa shape index (κ1) is 10.9. The summed E-state index contributed by atoms with van der Waals surface area (Å²) in [6, 6.07) is 0. The Hall–Kier alpha value is -1.06. The molecule has 0 atom stereocenters. The van der Waals surface area contributed by atoms with Gasteiger partial charge in [-0.3, -0.25) is 9.51 Å². The molecule has 1 aromatic rings.